The van der Waals surface area contributed by atoms with Crippen LogP contribution in [0.3, 0.4) is 0 Å². The molecule has 1 aliphatic rings. The van der Waals surface area contributed by atoms with Gasteiger partial charge in [-0.3, -0.25) is 0 Å². The first kappa shape index (κ1) is 10.0. The van der Waals surface area contributed by atoms with Crippen molar-refractivity contribution in [3.05, 3.63) is 34.3 Å². The number of benzene rings is 1. The monoisotopic (exact) mass is 209 g/mol. The van der Waals surface area contributed by atoms with Gasteiger partial charge in [0.2, 0.25) is 0 Å². The molecule has 1 aromatic carbocycles. The van der Waals surface area contributed by atoms with Crippen LogP contribution < -0.4 is 5.73 Å². The first-order chi connectivity index (χ1) is 6.65. The van der Waals surface area contributed by atoms with Gasteiger partial charge in [-0.2, -0.15) is 0 Å². The smallest absolute Gasteiger partial charge is 0.0408 e. The van der Waals surface area contributed by atoms with Gasteiger partial charge in [-0.05, 0) is 42.5 Å². The maximum atomic E-state index is 5.98. The van der Waals surface area contributed by atoms with E-state index in [1.807, 2.05) is 6.07 Å². The molecule has 0 fully saturated rings. The van der Waals surface area contributed by atoms with Gasteiger partial charge in [0.05, 0.1) is 0 Å². The zero-order valence-corrected chi connectivity index (χ0v) is 9.27. The van der Waals surface area contributed by atoms with Crippen LogP contribution in [0.2, 0.25) is 5.02 Å². The Morgan fingerprint density at radius 3 is 3.00 bits per heavy atom. The van der Waals surface area contributed by atoms with Gasteiger partial charge in [0.15, 0.2) is 0 Å². The lowest BCUT2D eigenvalue weighted by atomic mass is 9.71. The molecule has 1 atom stereocenters. The van der Waals surface area contributed by atoms with Crippen molar-refractivity contribution >= 4 is 11.6 Å². The fourth-order valence-corrected chi connectivity index (χ4v) is 2.57. The number of rotatable bonds is 1. The Morgan fingerprint density at radius 2 is 2.29 bits per heavy atom. The fourth-order valence-electron chi connectivity index (χ4n) is 2.37. The quantitative estimate of drug-likeness (QED) is 0.757. The fraction of sp³-hybridized carbons (Fsp3) is 0.500. The van der Waals surface area contributed by atoms with Crippen molar-refractivity contribution in [2.24, 2.45) is 5.73 Å². The van der Waals surface area contributed by atoms with E-state index in [0.29, 0.717) is 0 Å². The third-order valence-corrected chi connectivity index (χ3v) is 3.58. The highest BCUT2D eigenvalue weighted by molar-refractivity contribution is 6.30. The van der Waals surface area contributed by atoms with Crippen molar-refractivity contribution in [1.29, 1.82) is 0 Å². The standard InChI is InChI=1S/C12H16ClN/c1-12(8-14)6-2-3-9-7-10(13)4-5-11(9)12/h4-5,7H,2-3,6,8,14H2,1H3/t12-/m0/s1. The van der Waals surface area contributed by atoms with Crippen LogP contribution in [0.5, 0.6) is 0 Å². The van der Waals surface area contributed by atoms with Gasteiger partial charge in [0.1, 0.15) is 0 Å². The third kappa shape index (κ3) is 1.55. The van der Waals surface area contributed by atoms with Gasteiger partial charge in [-0.1, -0.05) is 24.6 Å². The summed E-state index contributed by atoms with van der Waals surface area (Å²) in [6.45, 7) is 2.97. The summed E-state index contributed by atoms with van der Waals surface area (Å²) in [5.74, 6) is 0. The highest BCUT2D eigenvalue weighted by atomic mass is 35.5. The van der Waals surface area contributed by atoms with Crippen LogP contribution in [0.25, 0.3) is 0 Å². The van der Waals surface area contributed by atoms with E-state index in [9.17, 15) is 0 Å². The summed E-state index contributed by atoms with van der Waals surface area (Å²) in [5, 5.41) is 0.838. The molecule has 14 heavy (non-hydrogen) atoms. The van der Waals surface area contributed by atoms with Gasteiger partial charge in [0.25, 0.3) is 0 Å². The van der Waals surface area contributed by atoms with Crippen LogP contribution in [-0.4, -0.2) is 6.54 Å². The van der Waals surface area contributed by atoms with Gasteiger partial charge in [-0.25, -0.2) is 0 Å². The van der Waals surface area contributed by atoms with Crippen LogP contribution in [0.1, 0.15) is 30.9 Å². The molecule has 76 valence electrons. The Kier molecular flexibility index (Phi) is 2.54. The molecule has 0 aliphatic heterocycles. The highest BCUT2D eigenvalue weighted by Crippen LogP contribution is 2.37. The molecule has 2 rings (SSSR count). The average molecular weight is 210 g/mol. The Labute approximate surface area is 90.3 Å². The van der Waals surface area contributed by atoms with Crippen molar-refractivity contribution in [3.8, 4) is 0 Å². The van der Waals surface area contributed by atoms with Crippen molar-refractivity contribution in [1.82, 2.24) is 0 Å². The molecule has 0 spiro atoms. The second-order valence-corrected chi connectivity index (χ2v) is 4.86. The molecule has 1 aromatic rings. The maximum Gasteiger partial charge on any atom is 0.0408 e. The largest absolute Gasteiger partial charge is 0.330 e. The van der Waals surface area contributed by atoms with Crippen molar-refractivity contribution < 1.29 is 0 Å². The molecular weight excluding hydrogens is 194 g/mol. The van der Waals surface area contributed by atoms with Gasteiger partial charge in [0, 0.05) is 17.0 Å². The second kappa shape index (κ2) is 3.56. The summed E-state index contributed by atoms with van der Waals surface area (Å²) in [4.78, 5) is 0. The lowest BCUT2D eigenvalue weighted by molar-refractivity contribution is 0.404. The Balaban J connectivity index is 2.50. The van der Waals surface area contributed by atoms with Crippen LogP contribution in [0.4, 0.5) is 0 Å². The SMILES string of the molecule is C[C@@]1(CN)CCCc2cc(Cl)ccc21. The van der Waals surface area contributed by atoms with E-state index >= 15 is 0 Å². The molecule has 1 aliphatic carbocycles. The molecule has 0 saturated carbocycles. The highest BCUT2D eigenvalue weighted by Gasteiger charge is 2.30. The normalized spacial score (nSPS) is 25.9. The predicted octanol–water partition coefficient (Wildman–Crippen LogP) is 2.89. The summed E-state index contributed by atoms with van der Waals surface area (Å²) < 4.78 is 0. The topological polar surface area (TPSA) is 26.0 Å². The third-order valence-electron chi connectivity index (χ3n) is 3.34. The van der Waals surface area contributed by atoms with Gasteiger partial charge < -0.3 is 5.73 Å². The molecule has 0 unspecified atom stereocenters. The Bertz CT molecular complexity index is 348. The summed E-state index contributed by atoms with van der Waals surface area (Å²) in [6.07, 6.45) is 3.56. The van der Waals surface area contributed by atoms with Crippen LogP contribution >= 0.6 is 11.6 Å². The zero-order valence-electron chi connectivity index (χ0n) is 8.52. The lowest BCUT2D eigenvalue weighted by Crippen LogP contribution is -2.35. The number of fused-ring (bicyclic) bond motifs is 1. The lowest BCUT2D eigenvalue weighted by Gasteiger charge is -2.35. The van der Waals surface area contributed by atoms with E-state index in [1.165, 1.54) is 24.0 Å². The van der Waals surface area contributed by atoms with Gasteiger partial charge >= 0.3 is 0 Å². The number of nitrogens with two attached hydrogens (primary N) is 1. The van der Waals surface area contributed by atoms with Crippen molar-refractivity contribution in [3.63, 3.8) is 0 Å². The minimum absolute atomic E-state index is 0.165. The molecule has 0 bridgehead atoms. The van der Waals surface area contributed by atoms with E-state index in [1.54, 1.807) is 0 Å². The maximum absolute atomic E-state index is 5.98. The van der Waals surface area contributed by atoms with Crippen LogP contribution in [0.15, 0.2) is 18.2 Å². The molecule has 1 nitrogen and oxygen atoms in total. The first-order valence-electron chi connectivity index (χ1n) is 5.15. The molecule has 0 heterocycles. The summed E-state index contributed by atoms with van der Waals surface area (Å²) >= 11 is 5.98. The molecule has 0 saturated heterocycles. The van der Waals surface area contributed by atoms with E-state index < -0.39 is 0 Å². The summed E-state index contributed by atoms with van der Waals surface area (Å²) in [6, 6.07) is 6.20. The van der Waals surface area contributed by atoms with Crippen molar-refractivity contribution in [2.75, 3.05) is 6.54 Å². The minimum atomic E-state index is 0.165. The van der Waals surface area contributed by atoms with E-state index in [2.05, 4.69) is 19.1 Å². The molecule has 0 amide bonds. The molecule has 0 aromatic heterocycles. The Morgan fingerprint density at radius 1 is 1.50 bits per heavy atom. The van der Waals surface area contributed by atoms with E-state index in [4.69, 9.17) is 17.3 Å². The zero-order chi connectivity index (χ0) is 10.2. The van der Waals surface area contributed by atoms with E-state index in [-0.39, 0.29) is 5.41 Å². The number of aryl methyl sites for hydroxylation is 1. The average Bonchev–Trinajstić information content (AvgIpc) is 2.18. The minimum Gasteiger partial charge on any atom is -0.330 e. The Hall–Kier alpha value is -0.530. The van der Waals surface area contributed by atoms with Crippen LogP contribution in [-0.2, 0) is 11.8 Å². The molecule has 0 radical (unpaired) electrons. The number of halogens is 1. The summed E-state index contributed by atoms with van der Waals surface area (Å²) in [7, 11) is 0. The van der Waals surface area contributed by atoms with E-state index in [0.717, 1.165) is 18.0 Å². The van der Waals surface area contributed by atoms with Gasteiger partial charge in [-0.15, -0.1) is 0 Å². The van der Waals surface area contributed by atoms with Crippen LogP contribution in [0, 0.1) is 0 Å². The number of hydrogen-bond donors (Lipinski definition) is 1. The predicted molar refractivity (Wildman–Crippen MR) is 60.8 cm³/mol. The van der Waals surface area contributed by atoms with Crippen molar-refractivity contribution in [2.45, 2.75) is 31.6 Å². The molecule has 2 N–H and O–H groups in total. The summed E-state index contributed by atoms with van der Waals surface area (Å²) in [5.41, 5.74) is 8.81. The second-order valence-electron chi connectivity index (χ2n) is 4.42. The first-order valence-corrected chi connectivity index (χ1v) is 5.52. The molecule has 2 heteroatoms. The molecular formula is C12H16ClN. The number of hydrogen-bond acceptors (Lipinski definition) is 1.